The molecule has 0 bridgehead atoms. The quantitative estimate of drug-likeness (QED) is 0.905. The molecule has 1 aliphatic heterocycles. The molecule has 2 atom stereocenters. The molecular weight excluding hydrogens is 260 g/mol. The number of likely N-dealkylation sites (tertiary alicyclic amines) is 1. The average Bonchev–Trinajstić information content (AvgIpc) is 2.45. The van der Waals surface area contributed by atoms with Gasteiger partial charge in [0, 0.05) is 30.4 Å². The molecule has 0 aliphatic carbocycles. The van der Waals surface area contributed by atoms with Crippen molar-refractivity contribution >= 4 is 11.6 Å². The molecule has 1 fully saturated rings. The van der Waals surface area contributed by atoms with Gasteiger partial charge < -0.3 is 10.2 Å². The molecule has 1 N–H and O–H groups in total. The summed E-state index contributed by atoms with van der Waals surface area (Å²) in [6, 6.07) is 6.36. The number of hydrogen-bond donors (Lipinski definition) is 1. The van der Waals surface area contributed by atoms with Gasteiger partial charge in [0.25, 0.3) is 5.91 Å². The predicted octanol–water partition coefficient (Wildman–Crippen LogP) is 4.08. The Bertz CT molecular complexity index is 498. The van der Waals surface area contributed by atoms with Crippen LogP contribution in [0.4, 0.5) is 5.69 Å². The molecule has 1 aromatic rings. The van der Waals surface area contributed by atoms with E-state index in [1.54, 1.807) is 0 Å². The van der Waals surface area contributed by atoms with E-state index in [0.717, 1.165) is 55.1 Å². The number of aryl methyl sites for hydroxylation is 1. The summed E-state index contributed by atoms with van der Waals surface area (Å²) in [5.41, 5.74) is 3.09. The first-order valence-electron chi connectivity index (χ1n) is 8.18. The van der Waals surface area contributed by atoms with Crippen molar-refractivity contribution < 1.29 is 4.79 Å². The largest absolute Gasteiger partial charge is 0.385 e. The van der Waals surface area contributed by atoms with Gasteiger partial charge in [-0.1, -0.05) is 13.8 Å². The van der Waals surface area contributed by atoms with Crippen LogP contribution < -0.4 is 5.32 Å². The summed E-state index contributed by atoms with van der Waals surface area (Å²) in [7, 11) is 0. The highest BCUT2D eigenvalue weighted by atomic mass is 16.2. The van der Waals surface area contributed by atoms with E-state index in [-0.39, 0.29) is 5.91 Å². The van der Waals surface area contributed by atoms with Crippen molar-refractivity contribution in [3.63, 3.8) is 0 Å². The Morgan fingerprint density at radius 3 is 2.76 bits per heavy atom. The molecule has 0 spiro atoms. The molecule has 1 amide bonds. The number of carbonyl (C=O) groups excluding carboxylic acids is 1. The van der Waals surface area contributed by atoms with Crippen LogP contribution in [0.15, 0.2) is 18.2 Å². The number of benzene rings is 1. The van der Waals surface area contributed by atoms with Crippen molar-refractivity contribution in [3.8, 4) is 0 Å². The highest BCUT2D eigenvalue weighted by molar-refractivity contribution is 5.95. The molecular formula is C18H28N2O. The van der Waals surface area contributed by atoms with Crippen molar-refractivity contribution in [1.82, 2.24) is 4.90 Å². The number of rotatable bonds is 4. The van der Waals surface area contributed by atoms with E-state index in [2.05, 4.69) is 33.0 Å². The number of amides is 1. The van der Waals surface area contributed by atoms with Gasteiger partial charge in [0.05, 0.1) is 0 Å². The van der Waals surface area contributed by atoms with Crippen LogP contribution in [0.5, 0.6) is 0 Å². The van der Waals surface area contributed by atoms with Crippen molar-refractivity contribution in [2.45, 2.75) is 53.0 Å². The van der Waals surface area contributed by atoms with Gasteiger partial charge in [-0.25, -0.2) is 0 Å². The third-order valence-electron chi connectivity index (χ3n) is 4.44. The number of carbonyl (C=O) groups is 1. The zero-order valence-electron chi connectivity index (χ0n) is 13.8. The number of hydrogen-bond acceptors (Lipinski definition) is 2. The standard InChI is InChI=1S/C18H28N2O/c1-5-9-19-17-7-6-16(12-14(17)3)18(21)20-10-8-13(2)11-15(20)4/h6-7,12-13,15,19H,5,8-11H2,1-4H3. The lowest BCUT2D eigenvalue weighted by Crippen LogP contribution is -2.44. The van der Waals surface area contributed by atoms with Crippen LogP contribution >= 0.6 is 0 Å². The molecule has 1 heterocycles. The Labute approximate surface area is 128 Å². The van der Waals surface area contributed by atoms with Gasteiger partial charge >= 0.3 is 0 Å². The first kappa shape index (κ1) is 15.9. The summed E-state index contributed by atoms with van der Waals surface area (Å²) >= 11 is 0. The highest BCUT2D eigenvalue weighted by Crippen LogP contribution is 2.25. The normalized spacial score (nSPS) is 22.2. The Morgan fingerprint density at radius 1 is 1.38 bits per heavy atom. The van der Waals surface area contributed by atoms with Crippen LogP contribution in [0.2, 0.25) is 0 Å². The molecule has 116 valence electrons. The van der Waals surface area contributed by atoms with E-state index in [9.17, 15) is 4.79 Å². The van der Waals surface area contributed by atoms with Gasteiger partial charge in [0.2, 0.25) is 0 Å². The summed E-state index contributed by atoms with van der Waals surface area (Å²) in [5.74, 6) is 0.908. The maximum absolute atomic E-state index is 12.7. The van der Waals surface area contributed by atoms with E-state index in [1.165, 1.54) is 0 Å². The molecule has 0 aromatic heterocycles. The molecule has 1 aliphatic rings. The zero-order valence-corrected chi connectivity index (χ0v) is 13.8. The van der Waals surface area contributed by atoms with Crippen molar-refractivity contribution in [3.05, 3.63) is 29.3 Å². The molecule has 2 rings (SSSR count). The molecule has 0 radical (unpaired) electrons. The third-order valence-corrected chi connectivity index (χ3v) is 4.44. The maximum Gasteiger partial charge on any atom is 0.254 e. The summed E-state index contributed by atoms with van der Waals surface area (Å²) in [6.45, 7) is 10.5. The number of anilines is 1. The monoisotopic (exact) mass is 288 g/mol. The van der Waals surface area contributed by atoms with Crippen molar-refractivity contribution in [2.24, 2.45) is 5.92 Å². The van der Waals surface area contributed by atoms with Crippen molar-refractivity contribution in [1.29, 1.82) is 0 Å². The Kier molecular flexibility index (Phi) is 5.27. The summed E-state index contributed by atoms with van der Waals surface area (Å²) in [4.78, 5) is 14.7. The SMILES string of the molecule is CCCNc1ccc(C(=O)N2CCC(C)CC2C)cc1C. The Morgan fingerprint density at radius 2 is 2.14 bits per heavy atom. The summed E-state index contributed by atoms with van der Waals surface area (Å²) in [5, 5.41) is 3.40. The minimum Gasteiger partial charge on any atom is -0.385 e. The van der Waals surface area contributed by atoms with Gasteiger partial charge in [-0.15, -0.1) is 0 Å². The van der Waals surface area contributed by atoms with Gasteiger partial charge in [0.15, 0.2) is 0 Å². The maximum atomic E-state index is 12.7. The first-order chi connectivity index (χ1) is 10.0. The van der Waals surface area contributed by atoms with Crippen LogP contribution in [0.1, 0.15) is 56.0 Å². The van der Waals surface area contributed by atoms with E-state index in [1.807, 2.05) is 23.1 Å². The van der Waals surface area contributed by atoms with Crippen LogP contribution in [-0.2, 0) is 0 Å². The second-order valence-electron chi connectivity index (χ2n) is 6.43. The molecule has 1 aromatic carbocycles. The fourth-order valence-electron chi connectivity index (χ4n) is 3.13. The minimum absolute atomic E-state index is 0.180. The van der Waals surface area contributed by atoms with Crippen LogP contribution in [-0.4, -0.2) is 29.9 Å². The smallest absolute Gasteiger partial charge is 0.254 e. The first-order valence-corrected chi connectivity index (χ1v) is 8.18. The van der Waals surface area contributed by atoms with E-state index in [0.29, 0.717) is 6.04 Å². The molecule has 3 heteroatoms. The second-order valence-corrected chi connectivity index (χ2v) is 6.43. The predicted molar refractivity (Wildman–Crippen MR) is 88.9 cm³/mol. The van der Waals surface area contributed by atoms with E-state index in [4.69, 9.17) is 0 Å². The molecule has 2 unspecified atom stereocenters. The fraction of sp³-hybridized carbons (Fsp3) is 0.611. The lowest BCUT2D eigenvalue weighted by atomic mass is 9.92. The Balaban J connectivity index is 2.10. The Hall–Kier alpha value is -1.51. The summed E-state index contributed by atoms with van der Waals surface area (Å²) < 4.78 is 0. The molecule has 1 saturated heterocycles. The molecule has 0 saturated carbocycles. The lowest BCUT2D eigenvalue weighted by molar-refractivity contribution is 0.0588. The average molecular weight is 288 g/mol. The lowest BCUT2D eigenvalue weighted by Gasteiger charge is -2.36. The van der Waals surface area contributed by atoms with Crippen LogP contribution in [0, 0.1) is 12.8 Å². The van der Waals surface area contributed by atoms with Gasteiger partial charge in [-0.05, 0) is 62.8 Å². The highest BCUT2D eigenvalue weighted by Gasteiger charge is 2.27. The van der Waals surface area contributed by atoms with Crippen molar-refractivity contribution in [2.75, 3.05) is 18.4 Å². The molecule has 21 heavy (non-hydrogen) atoms. The second kappa shape index (κ2) is 6.97. The zero-order chi connectivity index (χ0) is 15.4. The number of nitrogens with one attached hydrogen (secondary N) is 1. The number of piperidine rings is 1. The van der Waals surface area contributed by atoms with Crippen LogP contribution in [0.3, 0.4) is 0 Å². The van der Waals surface area contributed by atoms with E-state index < -0.39 is 0 Å². The topological polar surface area (TPSA) is 32.3 Å². The van der Waals surface area contributed by atoms with E-state index >= 15 is 0 Å². The van der Waals surface area contributed by atoms with Gasteiger partial charge in [-0.3, -0.25) is 4.79 Å². The summed E-state index contributed by atoms with van der Waals surface area (Å²) in [6.07, 6.45) is 3.33. The van der Waals surface area contributed by atoms with Crippen LogP contribution in [0.25, 0.3) is 0 Å². The van der Waals surface area contributed by atoms with Gasteiger partial charge in [0.1, 0.15) is 0 Å². The number of nitrogens with zero attached hydrogens (tertiary/aromatic N) is 1. The third kappa shape index (κ3) is 3.78. The minimum atomic E-state index is 0.180. The fourth-order valence-corrected chi connectivity index (χ4v) is 3.13. The molecule has 3 nitrogen and oxygen atoms in total. The van der Waals surface area contributed by atoms with Gasteiger partial charge in [-0.2, -0.15) is 0 Å².